The van der Waals surface area contributed by atoms with Gasteiger partial charge in [-0.1, -0.05) is 23.7 Å². The summed E-state index contributed by atoms with van der Waals surface area (Å²) in [5, 5.41) is 10.7. The average Bonchev–Trinajstić information content (AvgIpc) is 3.12. The van der Waals surface area contributed by atoms with Gasteiger partial charge in [0.1, 0.15) is 17.6 Å². The van der Waals surface area contributed by atoms with Crippen molar-refractivity contribution in [1.29, 1.82) is 0 Å². The minimum Gasteiger partial charge on any atom is -0.497 e. The molecule has 0 radical (unpaired) electrons. The molecule has 0 saturated heterocycles. The minimum absolute atomic E-state index is 0.0106. The first-order chi connectivity index (χ1) is 13.5. The molecule has 0 saturated carbocycles. The van der Waals surface area contributed by atoms with Gasteiger partial charge in [0, 0.05) is 22.3 Å². The second-order valence-corrected chi connectivity index (χ2v) is 6.79. The Labute approximate surface area is 166 Å². The molecular weight excluding hydrogens is 380 g/mol. The number of hydrogen-bond donors (Lipinski definition) is 2. The average molecular weight is 397 g/mol. The molecule has 1 aromatic heterocycles. The zero-order valence-corrected chi connectivity index (χ0v) is 15.7. The van der Waals surface area contributed by atoms with E-state index in [0.29, 0.717) is 28.0 Å². The first-order valence-electron chi connectivity index (χ1n) is 8.64. The van der Waals surface area contributed by atoms with Gasteiger partial charge in [-0.15, -0.1) is 0 Å². The van der Waals surface area contributed by atoms with E-state index in [2.05, 4.69) is 15.7 Å². The molecule has 1 aliphatic heterocycles. The third-order valence-electron chi connectivity index (χ3n) is 4.48. The van der Waals surface area contributed by atoms with E-state index in [1.54, 1.807) is 54.3 Å². The molecule has 1 aliphatic rings. The number of rotatable bonds is 4. The molecule has 0 bridgehead atoms. The lowest BCUT2D eigenvalue weighted by molar-refractivity contribution is -0.125. The van der Waals surface area contributed by atoms with Gasteiger partial charge in [0.15, 0.2) is 0 Å². The van der Waals surface area contributed by atoms with E-state index >= 15 is 0 Å². The maximum absolute atomic E-state index is 12.8. The predicted molar refractivity (Wildman–Crippen MR) is 107 cm³/mol. The number of anilines is 2. The number of halogens is 1. The van der Waals surface area contributed by atoms with Gasteiger partial charge in [-0.2, -0.15) is 5.10 Å². The van der Waals surface area contributed by atoms with E-state index in [9.17, 15) is 9.59 Å². The van der Waals surface area contributed by atoms with Gasteiger partial charge in [0.25, 0.3) is 0 Å². The highest BCUT2D eigenvalue weighted by atomic mass is 35.5. The normalized spacial score (nSPS) is 15.5. The summed E-state index contributed by atoms with van der Waals surface area (Å²) in [7, 11) is 1.58. The second kappa shape index (κ2) is 7.36. The van der Waals surface area contributed by atoms with E-state index < -0.39 is 6.04 Å². The largest absolute Gasteiger partial charge is 0.497 e. The first kappa shape index (κ1) is 18.1. The molecular formula is C20H17ClN4O3. The van der Waals surface area contributed by atoms with E-state index in [0.717, 1.165) is 5.56 Å². The van der Waals surface area contributed by atoms with Crippen LogP contribution in [0.1, 0.15) is 12.5 Å². The SMILES string of the molecule is COc1ccc(NC(=O)[C@H]2CC(=O)Nc3cc(-c4ccc(Cl)cc4)nn32)cc1. The highest BCUT2D eigenvalue weighted by molar-refractivity contribution is 6.30. The molecule has 1 atom stereocenters. The third-order valence-corrected chi connectivity index (χ3v) is 4.73. The summed E-state index contributed by atoms with van der Waals surface area (Å²) < 4.78 is 6.66. The van der Waals surface area contributed by atoms with Gasteiger partial charge in [0.2, 0.25) is 11.8 Å². The van der Waals surface area contributed by atoms with Crippen LogP contribution in [0.5, 0.6) is 5.75 Å². The minimum atomic E-state index is -0.744. The Morgan fingerprint density at radius 1 is 1.21 bits per heavy atom. The summed E-state index contributed by atoms with van der Waals surface area (Å²) in [4.78, 5) is 24.9. The summed E-state index contributed by atoms with van der Waals surface area (Å²) >= 11 is 5.94. The van der Waals surface area contributed by atoms with Crippen molar-refractivity contribution >= 4 is 34.9 Å². The van der Waals surface area contributed by atoms with Crippen LogP contribution in [-0.4, -0.2) is 28.7 Å². The molecule has 2 N–H and O–H groups in total. The van der Waals surface area contributed by atoms with Crippen LogP contribution in [0.25, 0.3) is 11.3 Å². The van der Waals surface area contributed by atoms with Crippen molar-refractivity contribution in [2.45, 2.75) is 12.5 Å². The van der Waals surface area contributed by atoms with Crippen LogP contribution in [0.2, 0.25) is 5.02 Å². The third kappa shape index (κ3) is 3.57. The molecule has 0 aliphatic carbocycles. The standard InChI is InChI=1S/C20H17ClN4O3/c1-28-15-8-6-14(7-9-15)22-20(27)17-11-19(26)23-18-10-16(24-25(17)18)12-2-4-13(21)5-3-12/h2-10,17H,11H2,1H3,(H,22,27)(H,23,26)/t17-/m1/s1. The molecule has 0 unspecified atom stereocenters. The number of carbonyl (C=O) groups excluding carboxylic acids is 2. The Bertz CT molecular complexity index is 1030. The van der Waals surface area contributed by atoms with Crippen LogP contribution in [0.3, 0.4) is 0 Å². The number of hydrogen-bond acceptors (Lipinski definition) is 4. The van der Waals surface area contributed by atoms with Crippen molar-refractivity contribution in [2.24, 2.45) is 0 Å². The molecule has 2 aromatic carbocycles. The van der Waals surface area contributed by atoms with Crippen molar-refractivity contribution in [3.8, 4) is 17.0 Å². The zero-order valence-electron chi connectivity index (χ0n) is 15.0. The van der Waals surface area contributed by atoms with Crippen LogP contribution in [-0.2, 0) is 9.59 Å². The lowest BCUT2D eigenvalue weighted by Crippen LogP contribution is -2.35. The Morgan fingerprint density at radius 3 is 2.61 bits per heavy atom. The van der Waals surface area contributed by atoms with Crippen molar-refractivity contribution in [3.63, 3.8) is 0 Å². The molecule has 3 aromatic rings. The van der Waals surface area contributed by atoms with Gasteiger partial charge in [-0.25, -0.2) is 4.68 Å². The van der Waals surface area contributed by atoms with Crippen molar-refractivity contribution < 1.29 is 14.3 Å². The van der Waals surface area contributed by atoms with E-state index in [1.165, 1.54) is 0 Å². The van der Waals surface area contributed by atoms with Crippen molar-refractivity contribution in [1.82, 2.24) is 9.78 Å². The number of aromatic nitrogens is 2. The van der Waals surface area contributed by atoms with Crippen LogP contribution in [0, 0.1) is 0 Å². The molecule has 142 valence electrons. The second-order valence-electron chi connectivity index (χ2n) is 6.35. The fourth-order valence-electron chi connectivity index (χ4n) is 3.05. The number of amides is 2. The van der Waals surface area contributed by atoms with E-state index in [1.807, 2.05) is 12.1 Å². The topological polar surface area (TPSA) is 85.2 Å². The quantitative estimate of drug-likeness (QED) is 0.703. The molecule has 4 rings (SSSR count). The Balaban J connectivity index is 1.61. The highest BCUT2D eigenvalue weighted by Gasteiger charge is 2.32. The van der Waals surface area contributed by atoms with Crippen LogP contribution in [0.4, 0.5) is 11.5 Å². The number of nitrogens with zero attached hydrogens (tertiary/aromatic N) is 2. The summed E-state index contributed by atoms with van der Waals surface area (Å²) in [6.07, 6.45) is 0.0106. The lowest BCUT2D eigenvalue weighted by atomic mass is 10.1. The molecule has 28 heavy (non-hydrogen) atoms. The highest BCUT2D eigenvalue weighted by Crippen LogP contribution is 2.30. The van der Waals surface area contributed by atoms with Gasteiger partial charge in [-0.05, 0) is 36.4 Å². The monoisotopic (exact) mass is 396 g/mol. The van der Waals surface area contributed by atoms with Gasteiger partial charge in [-0.3, -0.25) is 9.59 Å². The fourth-order valence-corrected chi connectivity index (χ4v) is 3.17. The maximum atomic E-state index is 12.8. The molecule has 8 heteroatoms. The predicted octanol–water partition coefficient (Wildman–Crippen LogP) is 3.73. The summed E-state index contributed by atoms with van der Waals surface area (Å²) in [5.74, 6) is 0.630. The van der Waals surface area contributed by atoms with Gasteiger partial charge >= 0.3 is 0 Å². The Kier molecular flexibility index (Phi) is 4.75. The van der Waals surface area contributed by atoms with Gasteiger partial charge < -0.3 is 15.4 Å². The Morgan fingerprint density at radius 2 is 1.93 bits per heavy atom. The smallest absolute Gasteiger partial charge is 0.249 e. The zero-order chi connectivity index (χ0) is 19.7. The lowest BCUT2D eigenvalue weighted by Gasteiger charge is -2.23. The molecule has 0 fully saturated rings. The van der Waals surface area contributed by atoms with Crippen molar-refractivity contribution in [2.75, 3.05) is 17.7 Å². The number of ether oxygens (including phenoxy) is 1. The summed E-state index contributed by atoms with van der Waals surface area (Å²) in [5.41, 5.74) is 2.11. The van der Waals surface area contributed by atoms with E-state index in [4.69, 9.17) is 16.3 Å². The summed E-state index contributed by atoms with van der Waals surface area (Å²) in [6.45, 7) is 0. The number of benzene rings is 2. The molecule has 2 heterocycles. The van der Waals surface area contributed by atoms with E-state index in [-0.39, 0.29) is 18.2 Å². The number of methoxy groups -OCH3 is 1. The maximum Gasteiger partial charge on any atom is 0.249 e. The van der Waals surface area contributed by atoms with Crippen molar-refractivity contribution in [3.05, 3.63) is 59.6 Å². The van der Waals surface area contributed by atoms with Crippen LogP contribution < -0.4 is 15.4 Å². The van der Waals surface area contributed by atoms with Gasteiger partial charge in [0.05, 0.1) is 19.2 Å². The summed E-state index contributed by atoms with van der Waals surface area (Å²) in [6, 6.07) is 15.2. The number of carbonyl (C=O) groups is 2. The number of nitrogens with one attached hydrogen (secondary N) is 2. The molecule has 7 nitrogen and oxygen atoms in total. The molecule has 0 spiro atoms. The number of fused-ring (bicyclic) bond motifs is 1. The molecule has 2 amide bonds. The first-order valence-corrected chi connectivity index (χ1v) is 9.01. The van der Waals surface area contributed by atoms with Crippen LogP contribution in [0.15, 0.2) is 54.6 Å². The fraction of sp³-hybridized carbons (Fsp3) is 0.150. The Hall–Kier alpha value is -3.32. The van der Waals surface area contributed by atoms with Crippen LogP contribution >= 0.6 is 11.6 Å².